The first kappa shape index (κ1) is 11.7. The highest BCUT2D eigenvalue weighted by Gasteiger charge is 2.50. The number of rotatable bonds is 0. The van der Waals surface area contributed by atoms with Gasteiger partial charge in [-0.2, -0.15) is 0 Å². The molecule has 96 valence electrons. The van der Waals surface area contributed by atoms with Crippen molar-refractivity contribution in [3.05, 3.63) is 11.6 Å². The van der Waals surface area contributed by atoms with Crippen LogP contribution in [0, 0.1) is 17.3 Å². The lowest BCUT2D eigenvalue weighted by atomic mass is 9.57. The van der Waals surface area contributed by atoms with E-state index in [1.165, 1.54) is 5.57 Å². The van der Waals surface area contributed by atoms with Gasteiger partial charge in [0.15, 0.2) is 0 Å². The van der Waals surface area contributed by atoms with E-state index in [9.17, 15) is 10.2 Å². The molecule has 0 bridgehead atoms. The fourth-order valence-corrected chi connectivity index (χ4v) is 3.93. The number of ether oxygens (including phenoxy) is 1. The Labute approximate surface area is 102 Å². The highest BCUT2D eigenvalue weighted by molar-refractivity contribution is 5.26. The minimum absolute atomic E-state index is 0.0491. The lowest BCUT2D eigenvalue weighted by Gasteiger charge is -2.49. The standard InChI is InChI=1S/C14H22O3/c1-8-11(15)4-3-9-5-13-10(6-14(8,9)2)12(16)7-17-13/h5,8,10-13,15-16H,3-4,6-7H2,1-2H3/t8-,10-,11+,12+,13-,14+/m0/s1. The van der Waals surface area contributed by atoms with Crippen LogP contribution in [0.25, 0.3) is 0 Å². The molecule has 0 aromatic carbocycles. The van der Waals surface area contributed by atoms with Gasteiger partial charge in [0.05, 0.1) is 24.9 Å². The van der Waals surface area contributed by atoms with E-state index in [2.05, 4.69) is 19.9 Å². The molecule has 2 N–H and O–H groups in total. The van der Waals surface area contributed by atoms with Gasteiger partial charge in [0, 0.05) is 5.92 Å². The molecule has 0 spiro atoms. The molecule has 0 aromatic heterocycles. The van der Waals surface area contributed by atoms with E-state index >= 15 is 0 Å². The van der Waals surface area contributed by atoms with Crippen LogP contribution in [0.1, 0.15) is 33.1 Å². The Morgan fingerprint density at radius 3 is 2.88 bits per heavy atom. The molecule has 3 aliphatic rings. The molecule has 0 amide bonds. The van der Waals surface area contributed by atoms with Crippen LogP contribution in [0.15, 0.2) is 11.6 Å². The highest BCUT2D eigenvalue weighted by atomic mass is 16.5. The van der Waals surface area contributed by atoms with Crippen LogP contribution in [0.3, 0.4) is 0 Å². The van der Waals surface area contributed by atoms with Gasteiger partial charge in [-0.15, -0.1) is 0 Å². The van der Waals surface area contributed by atoms with Gasteiger partial charge >= 0.3 is 0 Å². The molecule has 1 aliphatic heterocycles. The second kappa shape index (κ2) is 3.81. The molecule has 3 rings (SSSR count). The minimum Gasteiger partial charge on any atom is -0.393 e. The van der Waals surface area contributed by atoms with Crippen molar-refractivity contribution in [2.24, 2.45) is 17.3 Å². The highest BCUT2D eigenvalue weighted by Crippen LogP contribution is 2.54. The maximum absolute atomic E-state index is 10.1. The Hall–Kier alpha value is -0.380. The molecule has 1 saturated heterocycles. The van der Waals surface area contributed by atoms with Crippen molar-refractivity contribution in [1.82, 2.24) is 0 Å². The molecule has 1 saturated carbocycles. The van der Waals surface area contributed by atoms with E-state index in [0.717, 1.165) is 19.3 Å². The molecular weight excluding hydrogens is 216 g/mol. The first-order valence-corrected chi connectivity index (χ1v) is 6.71. The number of aliphatic hydroxyl groups excluding tert-OH is 2. The van der Waals surface area contributed by atoms with Crippen LogP contribution in [0.2, 0.25) is 0 Å². The summed E-state index contributed by atoms with van der Waals surface area (Å²) in [6.07, 6.45) is 4.59. The third-order valence-electron chi connectivity index (χ3n) is 5.43. The van der Waals surface area contributed by atoms with Crippen LogP contribution < -0.4 is 0 Å². The topological polar surface area (TPSA) is 49.7 Å². The zero-order chi connectivity index (χ0) is 12.2. The average molecular weight is 238 g/mol. The minimum atomic E-state index is -0.333. The summed E-state index contributed by atoms with van der Waals surface area (Å²) < 4.78 is 5.64. The van der Waals surface area contributed by atoms with Crippen molar-refractivity contribution in [2.45, 2.75) is 51.4 Å². The van der Waals surface area contributed by atoms with Crippen molar-refractivity contribution in [3.63, 3.8) is 0 Å². The third kappa shape index (κ3) is 1.60. The summed E-state index contributed by atoms with van der Waals surface area (Å²) in [6.45, 7) is 4.85. The summed E-state index contributed by atoms with van der Waals surface area (Å²) in [5.74, 6) is 0.493. The molecule has 2 aliphatic carbocycles. The van der Waals surface area contributed by atoms with Gasteiger partial charge in [-0.1, -0.05) is 25.5 Å². The summed E-state index contributed by atoms with van der Waals surface area (Å²) in [5, 5.41) is 20.0. The van der Waals surface area contributed by atoms with Crippen LogP contribution in [-0.2, 0) is 4.74 Å². The van der Waals surface area contributed by atoms with Gasteiger partial charge in [-0.3, -0.25) is 0 Å². The van der Waals surface area contributed by atoms with E-state index in [1.54, 1.807) is 0 Å². The molecule has 1 heterocycles. The number of allylic oxidation sites excluding steroid dienone is 1. The lowest BCUT2D eigenvalue weighted by molar-refractivity contribution is -0.00950. The normalized spacial score (nSPS) is 53.9. The largest absolute Gasteiger partial charge is 0.393 e. The summed E-state index contributed by atoms with van der Waals surface area (Å²) in [7, 11) is 0. The monoisotopic (exact) mass is 238 g/mol. The molecule has 3 nitrogen and oxygen atoms in total. The van der Waals surface area contributed by atoms with Gasteiger partial charge in [0.1, 0.15) is 0 Å². The number of fused-ring (bicyclic) bond motifs is 2. The van der Waals surface area contributed by atoms with Gasteiger partial charge in [0.25, 0.3) is 0 Å². The van der Waals surface area contributed by atoms with E-state index in [-0.39, 0.29) is 35.6 Å². The lowest BCUT2D eigenvalue weighted by Crippen LogP contribution is -2.46. The predicted octanol–water partition coefficient (Wildman–Crippen LogP) is 1.49. The molecule has 3 heteroatoms. The molecule has 0 unspecified atom stereocenters. The molecule has 0 radical (unpaired) electrons. The summed E-state index contributed by atoms with van der Waals surface area (Å²) >= 11 is 0. The molecular formula is C14H22O3. The second-order valence-electron chi connectivity index (χ2n) is 6.24. The Morgan fingerprint density at radius 1 is 1.35 bits per heavy atom. The van der Waals surface area contributed by atoms with Crippen molar-refractivity contribution in [1.29, 1.82) is 0 Å². The van der Waals surface area contributed by atoms with Crippen molar-refractivity contribution >= 4 is 0 Å². The number of aliphatic hydroxyl groups is 2. The Balaban J connectivity index is 1.95. The molecule has 17 heavy (non-hydrogen) atoms. The van der Waals surface area contributed by atoms with Crippen LogP contribution in [-0.4, -0.2) is 35.1 Å². The van der Waals surface area contributed by atoms with Gasteiger partial charge < -0.3 is 14.9 Å². The van der Waals surface area contributed by atoms with E-state index in [4.69, 9.17) is 4.74 Å². The Morgan fingerprint density at radius 2 is 2.12 bits per heavy atom. The van der Waals surface area contributed by atoms with Crippen molar-refractivity contribution in [2.75, 3.05) is 6.61 Å². The zero-order valence-corrected chi connectivity index (χ0v) is 10.6. The van der Waals surface area contributed by atoms with Crippen LogP contribution >= 0.6 is 0 Å². The van der Waals surface area contributed by atoms with Gasteiger partial charge in [-0.25, -0.2) is 0 Å². The maximum Gasteiger partial charge on any atom is 0.0830 e. The Bertz CT molecular complexity index is 351. The predicted molar refractivity (Wildman–Crippen MR) is 64.4 cm³/mol. The van der Waals surface area contributed by atoms with Crippen molar-refractivity contribution < 1.29 is 14.9 Å². The van der Waals surface area contributed by atoms with E-state index in [0.29, 0.717) is 6.61 Å². The summed E-state index contributed by atoms with van der Waals surface area (Å²) in [6, 6.07) is 0. The van der Waals surface area contributed by atoms with Crippen LogP contribution in [0.4, 0.5) is 0 Å². The zero-order valence-electron chi connectivity index (χ0n) is 10.6. The fourth-order valence-electron chi connectivity index (χ4n) is 3.93. The Kier molecular flexibility index (Phi) is 2.62. The van der Waals surface area contributed by atoms with Gasteiger partial charge in [0.2, 0.25) is 0 Å². The second-order valence-corrected chi connectivity index (χ2v) is 6.24. The first-order valence-electron chi connectivity index (χ1n) is 6.71. The quantitative estimate of drug-likeness (QED) is 0.629. The maximum atomic E-state index is 10.1. The summed E-state index contributed by atoms with van der Waals surface area (Å²) in [4.78, 5) is 0. The van der Waals surface area contributed by atoms with E-state index < -0.39 is 0 Å². The first-order chi connectivity index (χ1) is 8.02. The third-order valence-corrected chi connectivity index (χ3v) is 5.43. The molecule has 0 aromatic rings. The van der Waals surface area contributed by atoms with Gasteiger partial charge in [-0.05, 0) is 30.6 Å². The molecule has 6 atom stereocenters. The van der Waals surface area contributed by atoms with E-state index in [1.807, 2.05) is 0 Å². The number of hydrogen-bond acceptors (Lipinski definition) is 3. The summed E-state index contributed by atoms with van der Waals surface area (Å²) in [5.41, 5.74) is 1.48. The smallest absolute Gasteiger partial charge is 0.0830 e. The molecule has 2 fully saturated rings. The van der Waals surface area contributed by atoms with Crippen molar-refractivity contribution in [3.8, 4) is 0 Å². The number of hydrogen-bond donors (Lipinski definition) is 2. The average Bonchev–Trinajstić information content (AvgIpc) is 2.64. The van der Waals surface area contributed by atoms with Crippen LogP contribution in [0.5, 0.6) is 0 Å². The SMILES string of the molecule is C[C@H]1[C@H](O)CCC2=C[C@@H]3OC[C@@H](O)[C@@H]3C[C@@]21C. The fraction of sp³-hybridized carbons (Fsp3) is 0.857.